The smallest absolute Gasteiger partial charge is 0.392 e. The van der Waals surface area contributed by atoms with E-state index in [1.54, 1.807) is 0 Å². The number of hydrogen-bond donors (Lipinski definition) is 1. The van der Waals surface area contributed by atoms with Crippen molar-refractivity contribution in [1.82, 2.24) is 9.78 Å². The minimum atomic E-state index is -0.820. The largest absolute Gasteiger partial charge is 0.437 e. The summed E-state index contributed by atoms with van der Waals surface area (Å²) in [6.07, 6.45) is -0.820. The predicted molar refractivity (Wildman–Crippen MR) is 81.6 cm³/mol. The lowest BCUT2D eigenvalue weighted by atomic mass is 9.97. The number of rotatable bonds is 6. The van der Waals surface area contributed by atoms with Crippen LogP contribution in [0.4, 0.5) is 0 Å². The molecule has 0 aliphatic heterocycles. The van der Waals surface area contributed by atoms with E-state index in [1.807, 2.05) is 51.1 Å². The summed E-state index contributed by atoms with van der Waals surface area (Å²) in [5.74, 6) is -0.207. The molecule has 2 aromatic rings. The van der Waals surface area contributed by atoms with Crippen LogP contribution < -0.4 is 5.76 Å². The average molecular weight is 306 g/mol. The van der Waals surface area contributed by atoms with Crippen LogP contribution >= 0.6 is 0 Å². The van der Waals surface area contributed by atoms with E-state index in [2.05, 4.69) is 5.10 Å². The molecule has 6 heteroatoms. The molecule has 22 heavy (non-hydrogen) atoms. The van der Waals surface area contributed by atoms with Crippen LogP contribution in [0.1, 0.15) is 32.2 Å². The van der Waals surface area contributed by atoms with Gasteiger partial charge in [-0.25, -0.2) is 4.79 Å². The van der Waals surface area contributed by atoms with Crippen molar-refractivity contribution < 1.29 is 14.3 Å². The second kappa shape index (κ2) is 6.89. The highest BCUT2D eigenvalue weighted by molar-refractivity contribution is 5.13. The molecule has 1 atom stereocenters. The lowest BCUT2D eigenvalue weighted by molar-refractivity contribution is 0.0178. The Hall–Kier alpha value is -1.92. The first-order valence-corrected chi connectivity index (χ1v) is 7.24. The molecule has 0 fully saturated rings. The fourth-order valence-corrected chi connectivity index (χ4v) is 1.86. The van der Waals surface area contributed by atoms with Gasteiger partial charge in [-0.15, -0.1) is 5.10 Å². The van der Waals surface area contributed by atoms with Crippen LogP contribution in [0, 0.1) is 0 Å². The molecule has 0 bridgehead atoms. The Kier molecular flexibility index (Phi) is 5.15. The van der Waals surface area contributed by atoms with Gasteiger partial charge in [0.25, 0.3) is 0 Å². The number of ether oxygens (including phenoxy) is 1. The molecule has 0 saturated carbocycles. The van der Waals surface area contributed by atoms with Crippen LogP contribution in [-0.4, -0.2) is 27.6 Å². The topological polar surface area (TPSA) is 77.5 Å². The highest BCUT2D eigenvalue weighted by Crippen LogP contribution is 2.18. The van der Waals surface area contributed by atoms with Gasteiger partial charge in [-0.05, 0) is 5.56 Å². The molecule has 0 aliphatic carbocycles. The van der Waals surface area contributed by atoms with Crippen molar-refractivity contribution in [3.63, 3.8) is 0 Å². The number of hydrogen-bond acceptors (Lipinski definition) is 5. The minimum absolute atomic E-state index is 0.0488. The Bertz CT molecular complexity index is 640. The number of aliphatic hydroxyl groups is 1. The molecule has 1 aromatic heterocycles. The summed E-state index contributed by atoms with van der Waals surface area (Å²) in [5, 5.41) is 14.1. The highest BCUT2D eigenvalue weighted by Gasteiger charge is 2.23. The lowest BCUT2D eigenvalue weighted by Gasteiger charge is -2.12. The van der Waals surface area contributed by atoms with Crippen LogP contribution in [0.25, 0.3) is 0 Å². The van der Waals surface area contributed by atoms with Crippen LogP contribution in [-0.2, 0) is 23.3 Å². The van der Waals surface area contributed by atoms with Gasteiger partial charge >= 0.3 is 5.76 Å². The van der Waals surface area contributed by atoms with Gasteiger partial charge in [0.15, 0.2) is 0 Å². The van der Waals surface area contributed by atoms with E-state index in [1.165, 1.54) is 0 Å². The quantitative estimate of drug-likeness (QED) is 0.879. The lowest BCUT2D eigenvalue weighted by Crippen LogP contribution is -2.28. The van der Waals surface area contributed by atoms with Gasteiger partial charge in [-0.3, -0.25) is 0 Å². The Balaban J connectivity index is 1.86. The zero-order valence-corrected chi connectivity index (χ0v) is 13.2. The van der Waals surface area contributed by atoms with Crippen molar-refractivity contribution in [2.75, 3.05) is 6.61 Å². The van der Waals surface area contributed by atoms with E-state index in [9.17, 15) is 9.90 Å². The molecular formula is C16H22N2O4. The second-order valence-electron chi connectivity index (χ2n) is 6.26. The number of benzene rings is 1. The van der Waals surface area contributed by atoms with Crippen molar-refractivity contribution in [2.24, 2.45) is 0 Å². The fraction of sp³-hybridized carbons (Fsp3) is 0.500. The monoisotopic (exact) mass is 306 g/mol. The number of nitrogens with zero attached hydrogens (tertiary/aromatic N) is 2. The Morgan fingerprint density at radius 2 is 2.00 bits per heavy atom. The molecule has 120 valence electrons. The van der Waals surface area contributed by atoms with Gasteiger partial charge in [0.05, 0.1) is 25.9 Å². The van der Waals surface area contributed by atoms with E-state index in [-0.39, 0.29) is 18.6 Å². The first kappa shape index (κ1) is 16.5. The maximum absolute atomic E-state index is 11.7. The molecular weight excluding hydrogens is 284 g/mol. The summed E-state index contributed by atoms with van der Waals surface area (Å²) in [6, 6.07) is 9.69. The van der Waals surface area contributed by atoms with Gasteiger partial charge in [-0.2, -0.15) is 4.68 Å². The fourth-order valence-electron chi connectivity index (χ4n) is 1.86. The van der Waals surface area contributed by atoms with Crippen molar-refractivity contribution in [1.29, 1.82) is 0 Å². The Morgan fingerprint density at radius 1 is 1.32 bits per heavy atom. The van der Waals surface area contributed by atoms with E-state index in [4.69, 9.17) is 9.15 Å². The van der Waals surface area contributed by atoms with Gasteiger partial charge < -0.3 is 14.3 Å². The molecule has 1 aromatic carbocycles. The third-order valence-electron chi connectivity index (χ3n) is 3.05. The molecule has 0 amide bonds. The van der Waals surface area contributed by atoms with Crippen molar-refractivity contribution in [3.8, 4) is 0 Å². The van der Waals surface area contributed by atoms with Crippen molar-refractivity contribution in [3.05, 3.63) is 52.3 Å². The zero-order valence-electron chi connectivity index (χ0n) is 13.2. The molecule has 0 radical (unpaired) electrons. The summed E-state index contributed by atoms with van der Waals surface area (Å²) in [7, 11) is 0. The Labute approximate surface area is 129 Å². The summed E-state index contributed by atoms with van der Waals surface area (Å²) < 4.78 is 11.7. The molecule has 0 saturated heterocycles. The third-order valence-corrected chi connectivity index (χ3v) is 3.05. The van der Waals surface area contributed by atoms with Gasteiger partial charge in [0.1, 0.15) is 0 Å². The van der Waals surface area contributed by atoms with Crippen LogP contribution in [0.3, 0.4) is 0 Å². The normalized spacial score (nSPS) is 13.3. The second-order valence-corrected chi connectivity index (χ2v) is 6.26. The van der Waals surface area contributed by atoms with Crippen molar-refractivity contribution in [2.45, 2.75) is 45.4 Å². The van der Waals surface area contributed by atoms with Gasteiger partial charge in [-0.1, -0.05) is 51.1 Å². The minimum Gasteiger partial charge on any atom is -0.392 e. The summed E-state index contributed by atoms with van der Waals surface area (Å²) >= 11 is 0. The summed E-state index contributed by atoms with van der Waals surface area (Å²) in [5.41, 5.74) is 0.683. The number of aromatic nitrogens is 2. The zero-order chi connectivity index (χ0) is 16.2. The van der Waals surface area contributed by atoms with E-state index >= 15 is 0 Å². The SMILES string of the molecule is CC(C)(C)c1nn(CC(O)COCc2ccccc2)c(=O)o1. The summed E-state index contributed by atoms with van der Waals surface area (Å²) in [6.45, 7) is 6.30. The predicted octanol–water partition coefficient (Wildman–Crippen LogP) is 1.71. The highest BCUT2D eigenvalue weighted by atomic mass is 16.5. The molecule has 0 aliphatic rings. The first-order valence-electron chi connectivity index (χ1n) is 7.24. The third kappa shape index (κ3) is 4.54. The van der Waals surface area contributed by atoms with Crippen LogP contribution in [0.15, 0.2) is 39.5 Å². The first-order chi connectivity index (χ1) is 10.4. The maximum atomic E-state index is 11.7. The maximum Gasteiger partial charge on any atom is 0.437 e. The standard InChI is InChI=1S/C16H22N2O4/c1-16(2,3)14-17-18(15(20)22-14)9-13(19)11-21-10-12-7-5-4-6-8-12/h4-8,13,19H,9-11H2,1-3H3. The van der Waals surface area contributed by atoms with E-state index in [0.717, 1.165) is 10.2 Å². The van der Waals surface area contributed by atoms with E-state index in [0.29, 0.717) is 12.5 Å². The molecule has 2 rings (SSSR count). The van der Waals surface area contributed by atoms with Crippen LogP contribution in [0.5, 0.6) is 0 Å². The molecule has 1 heterocycles. The van der Waals surface area contributed by atoms with Crippen LogP contribution in [0.2, 0.25) is 0 Å². The molecule has 0 spiro atoms. The van der Waals surface area contributed by atoms with E-state index < -0.39 is 11.9 Å². The van der Waals surface area contributed by atoms with Gasteiger partial charge in [0.2, 0.25) is 5.89 Å². The van der Waals surface area contributed by atoms with Crippen molar-refractivity contribution >= 4 is 0 Å². The molecule has 1 N–H and O–H groups in total. The number of aliphatic hydroxyl groups excluding tert-OH is 1. The summed E-state index contributed by atoms with van der Waals surface area (Å²) in [4.78, 5) is 11.7. The molecule has 1 unspecified atom stereocenters. The van der Waals surface area contributed by atoms with Gasteiger partial charge in [0, 0.05) is 5.41 Å². The molecule has 6 nitrogen and oxygen atoms in total. The Morgan fingerprint density at radius 3 is 2.59 bits per heavy atom. The average Bonchev–Trinajstić information content (AvgIpc) is 2.81.